The van der Waals surface area contributed by atoms with Gasteiger partial charge in [-0.25, -0.2) is 0 Å². The van der Waals surface area contributed by atoms with Gasteiger partial charge < -0.3 is 0 Å². The van der Waals surface area contributed by atoms with E-state index in [0.29, 0.717) is 11.4 Å². The molecule has 0 saturated carbocycles. The number of H-pyrrole nitrogens is 1. The standard InChI is InChI=1S/C22H15N3O.W/c1-2-6-18-13-24-22(25-18)21(26)16-9-5-8-15(11-16)20-14-23-12-17-7-3-4-10-19(17)20;/h1-14H,(H,24,25);. The van der Waals surface area contributed by atoms with Crippen LogP contribution in [-0.4, -0.2) is 25.1 Å². The molecule has 0 unspecified atom stereocenters. The number of carbonyl (C=O) groups excluding carboxylic acids is 1. The zero-order valence-corrected chi connectivity index (χ0v) is 17.2. The van der Waals surface area contributed by atoms with Gasteiger partial charge in [0.1, 0.15) is 0 Å². The average Bonchev–Trinajstić information content (AvgIpc) is 3.20. The molecule has 0 amide bonds. The molecule has 0 atom stereocenters. The fraction of sp³-hybridized carbons (Fsp3) is 0. The number of aromatic nitrogens is 3. The van der Waals surface area contributed by atoms with Crippen LogP contribution in [0.25, 0.3) is 28.0 Å². The number of aromatic amines is 1. The number of hydrogen-bond acceptors (Lipinski definition) is 3. The van der Waals surface area contributed by atoms with Crippen molar-refractivity contribution in [1.82, 2.24) is 15.0 Å². The van der Waals surface area contributed by atoms with Crippen molar-refractivity contribution >= 4 is 27.0 Å². The molecule has 0 fully saturated rings. The van der Waals surface area contributed by atoms with Crippen LogP contribution >= 0.6 is 0 Å². The molecule has 0 aliphatic carbocycles. The molecule has 1 N–H and O–H groups in total. The molecule has 0 spiro atoms. The van der Waals surface area contributed by atoms with E-state index in [1.807, 2.05) is 71.4 Å². The summed E-state index contributed by atoms with van der Waals surface area (Å²) in [6.07, 6.45) is 9.19. The summed E-state index contributed by atoms with van der Waals surface area (Å²) < 4.78 is 2.00. The van der Waals surface area contributed by atoms with Crippen molar-refractivity contribution in [3.63, 3.8) is 0 Å². The van der Waals surface area contributed by atoms with Gasteiger partial charge in [-0.15, -0.1) is 0 Å². The zero-order valence-electron chi connectivity index (χ0n) is 14.3. The van der Waals surface area contributed by atoms with E-state index in [2.05, 4.69) is 21.0 Å². The van der Waals surface area contributed by atoms with Crippen LogP contribution in [0.2, 0.25) is 0 Å². The molecule has 0 radical (unpaired) electrons. The van der Waals surface area contributed by atoms with Crippen LogP contribution in [0.3, 0.4) is 0 Å². The van der Waals surface area contributed by atoms with Gasteiger partial charge in [0, 0.05) is 11.6 Å². The van der Waals surface area contributed by atoms with Crippen LogP contribution in [-0.2, 0) is 19.4 Å². The second kappa shape index (κ2) is 7.73. The summed E-state index contributed by atoms with van der Waals surface area (Å²) in [5, 5.41) is 2.18. The third-order valence-electron chi connectivity index (χ3n) is 4.27. The van der Waals surface area contributed by atoms with Gasteiger partial charge >= 0.3 is 127 Å². The molecule has 2 aromatic carbocycles. The molecule has 2 aromatic heterocycles. The average molecular weight is 521 g/mol. The van der Waals surface area contributed by atoms with Gasteiger partial charge in [-0.05, 0) is 0 Å². The first-order valence-electron chi connectivity index (χ1n) is 8.41. The van der Waals surface area contributed by atoms with Crippen LogP contribution in [0.15, 0.2) is 73.2 Å². The van der Waals surface area contributed by atoms with Crippen LogP contribution in [0.1, 0.15) is 21.9 Å². The molecule has 0 aliphatic heterocycles. The minimum absolute atomic E-state index is 0.129. The predicted octanol–water partition coefficient (Wildman–Crippen LogP) is 4.22. The topological polar surface area (TPSA) is 58.6 Å². The Balaban J connectivity index is 1.72. The number of rotatable bonds is 5. The molecule has 4 aromatic rings. The number of imidazole rings is 1. The van der Waals surface area contributed by atoms with Crippen molar-refractivity contribution in [1.29, 1.82) is 0 Å². The van der Waals surface area contributed by atoms with Crippen molar-refractivity contribution in [2.24, 2.45) is 0 Å². The maximum atomic E-state index is 12.8. The van der Waals surface area contributed by atoms with Crippen LogP contribution < -0.4 is 0 Å². The van der Waals surface area contributed by atoms with Gasteiger partial charge in [-0.2, -0.15) is 0 Å². The van der Waals surface area contributed by atoms with Crippen LogP contribution in [0.4, 0.5) is 0 Å². The molecule has 0 saturated heterocycles. The Morgan fingerprint density at radius 1 is 1.04 bits per heavy atom. The Labute approximate surface area is 167 Å². The van der Waals surface area contributed by atoms with Gasteiger partial charge in [-0.1, -0.05) is 24.3 Å². The van der Waals surface area contributed by atoms with E-state index in [1.165, 1.54) is 19.4 Å². The molecule has 4 nitrogen and oxygen atoms in total. The number of nitrogens with one attached hydrogen (secondary N) is 1. The summed E-state index contributed by atoms with van der Waals surface area (Å²) in [4.78, 5) is 24.5. The Morgan fingerprint density at radius 2 is 1.93 bits per heavy atom. The first kappa shape index (κ1) is 17.4. The SMILES string of the molecule is O=C(c1cccc(-c2cncc3ccccc23)c1)c1ncc(C=C[CH]=[W])[nH]1. The van der Waals surface area contributed by atoms with Crippen molar-refractivity contribution in [3.05, 3.63) is 90.3 Å². The van der Waals surface area contributed by atoms with E-state index in [4.69, 9.17) is 0 Å². The number of nitrogens with zero attached hydrogens (tertiary/aromatic N) is 2. The summed E-state index contributed by atoms with van der Waals surface area (Å²) in [5.74, 6) is 0.210. The Bertz CT molecular complexity index is 1170. The van der Waals surface area contributed by atoms with E-state index in [0.717, 1.165) is 27.6 Å². The second-order valence-electron chi connectivity index (χ2n) is 6.00. The molecule has 4 rings (SSSR count). The predicted molar refractivity (Wildman–Crippen MR) is 104 cm³/mol. The van der Waals surface area contributed by atoms with Crippen molar-refractivity contribution in [2.45, 2.75) is 0 Å². The molecular formula is C22H15N3OW. The number of fused-ring (bicyclic) bond motifs is 1. The summed E-state index contributed by atoms with van der Waals surface area (Å²) in [7, 11) is 0. The monoisotopic (exact) mass is 521 g/mol. The Morgan fingerprint density at radius 3 is 2.81 bits per heavy atom. The Kier molecular flexibility index (Phi) is 4.99. The summed E-state index contributed by atoms with van der Waals surface area (Å²) in [6.45, 7) is 0. The second-order valence-corrected chi connectivity index (χ2v) is 6.98. The fourth-order valence-corrected chi connectivity index (χ4v) is 3.27. The molecule has 5 heteroatoms. The fourth-order valence-electron chi connectivity index (χ4n) is 2.99. The van der Waals surface area contributed by atoms with Gasteiger partial charge in [0.05, 0.1) is 0 Å². The van der Waals surface area contributed by atoms with E-state index >= 15 is 0 Å². The minimum atomic E-state index is -0.129. The van der Waals surface area contributed by atoms with Crippen molar-refractivity contribution < 1.29 is 24.1 Å². The number of allylic oxidation sites excluding steroid dienone is 1. The quantitative estimate of drug-likeness (QED) is 0.401. The van der Waals surface area contributed by atoms with Gasteiger partial charge in [0.25, 0.3) is 0 Å². The first-order chi connectivity index (χ1) is 13.3. The maximum absolute atomic E-state index is 12.8. The number of carbonyl (C=O) groups is 1. The number of benzene rings is 2. The summed E-state index contributed by atoms with van der Waals surface area (Å²) in [5.41, 5.74) is 3.37. The summed E-state index contributed by atoms with van der Waals surface area (Å²) >= 11 is 1.37. The first-order valence-corrected chi connectivity index (χ1v) is 10.1. The molecule has 0 aliphatic rings. The van der Waals surface area contributed by atoms with Crippen LogP contribution in [0, 0.1) is 0 Å². The number of pyridine rings is 1. The van der Waals surface area contributed by atoms with E-state index < -0.39 is 0 Å². The third kappa shape index (κ3) is 3.62. The number of ketones is 1. The van der Waals surface area contributed by atoms with Crippen molar-refractivity contribution in [3.8, 4) is 11.1 Å². The zero-order chi connectivity index (χ0) is 18.6. The van der Waals surface area contributed by atoms with Gasteiger partial charge in [-0.3, -0.25) is 4.98 Å². The third-order valence-corrected chi connectivity index (χ3v) is 4.83. The van der Waals surface area contributed by atoms with E-state index in [1.54, 1.807) is 6.20 Å². The Hall–Kier alpha value is -2.97. The van der Waals surface area contributed by atoms with E-state index in [-0.39, 0.29) is 5.78 Å². The number of hydrogen-bond donors (Lipinski definition) is 1. The summed E-state index contributed by atoms with van der Waals surface area (Å²) in [6, 6.07) is 15.7. The molecule has 27 heavy (non-hydrogen) atoms. The molecular weight excluding hydrogens is 506 g/mol. The molecule has 130 valence electrons. The molecule has 0 bridgehead atoms. The van der Waals surface area contributed by atoms with Crippen molar-refractivity contribution in [2.75, 3.05) is 0 Å². The normalized spacial score (nSPS) is 11.1. The van der Waals surface area contributed by atoms with Gasteiger partial charge in [0.15, 0.2) is 0 Å². The van der Waals surface area contributed by atoms with Gasteiger partial charge in [0.2, 0.25) is 0 Å². The molecule has 2 heterocycles. The van der Waals surface area contributed by atoms with Crippen LogP contribution in [0.5, 0.6) is 0 Å². The van der Waals surface area contributed by atoms with E-state index in [9.17, 15) is 4.79 Å².